The summed E-state index contributed by atoms with van der Waals surface area (Å²) >= 11 is 0. The number of nitrogens with zero attached hydrogens (tertiary/aromatic N) is 1. The number of hydrogen-bond acceptors (Lipinski definition) is 9. The zero-order valence-corrected chi connectivity index (χ0v) is 41.8. The molecule has 10 nitrogen and oxygen atoms in total. The van der Waals surface area contributed by atoms with E-state index in [2.05, 4.69) is 61.6 Å². The Bertz CT molecular complexity index is 1270. The van der Waals surface area contributed by atoms with Crippen LogP contribution in [0.15, 0.2) is 60.8 Å². The van der Waals surface area contributed by atoms with Crippen molar-refractivity contribution in [3.63, 3.8) is 0 Å². The van der Waals surface area contributed by atoms with Crippen LogP contribution in [0.3, 0.4) is 0 Å². The number of likely N-dealkylation sites (N-methyl/N-ethyl adjacent to an activating group) is 1. The molecule has 0 aromatic rings. The third-order valence-electron chi connectivity index (χ3n) is 10.7. The van der Waals surface area contributed by atoms with Gasteiger partial charge in [0.1, 0.15) is 19.8 Å². The highest BCUT2D eigenvalue weighted by atomic mass is 31.2. The van der Waals surface area contributed by atoms with Crippen molar-refractivity contribution in [3.8, 4) is 0 Å². The SMILES string of the molecule is CCCCCCCC/C=C\CCCCCCCCCCCCCC(=O)O[C@H](COC(=O)CCC/C=C\C/C=C\C/C=C\C/C=C\CC[C@@H](O)CC)COP(=O)([O-])OCC[N+](C)(C)C. The van der Waals surface area contributed by atoms with Crippen molar-refractivity contribution in [2.24, 2.45) is 0 Å². The summed E-state index contributed by atoms with van der Waals surface area (Å²) in [6.07, 6.45) is 50.6. The maximum absolute atomic E-state index is 12.7. The third kappa shape index (κ3) is 47.5. The molecule has 63 heavy (non-hydrogen) atoms. The normalized spacial score (nSPS) is 14.5. The van der Waals surface area contributed by atoms with Gasteiger partial charge in [0.2, 0.25) is 0 Å². The number of quaternary nitrogens is 1. The zero-order valence-electron chi connectivity index (χ0n) is 40.9. The first-order valence-corrected chi connectivity index (χ1v) is 26.5. The van der Waals surface area contributed by atoms with Crippen molar-refractivity contribution in [1.82, 2.24) is 0 Å². The molecular weight excluding hydrogens is 814 g/mol. The molecule has 0 spiro atoms. The standard InChI is InChI=1S/C52H94NO9P/c1-6-8-9-10-11-12-13-14-15-16-17-18-19-20-21-26-29-32-35-38-41-44-52(56)62-50(48-61-63(57,58)60-46-45-53(3,4)5)47-59-51(55)43-40-37-34-31-28-25-23-22-24-27-30-33-36-39-42-49(54)7-2/h14-15,23-25,27,31,33-34,36,49-50,54H,6-13,16-22,26,28-30,32,35,37-48H2,1-5H3/b15-14-,25-23-,27-24-,34-31-,36-33-/t49-,50+/m0/s1. The van der Waals surface area contributed by atoms with Crippen LogP contribution >= 0.6 is 7.82 Å². The maximum atomic E-state index is 12.7. The number of rotatable bonds is 45. The second-order valence-electron chi connectivity index (χ2n) is 18.0. The van der Waals surface area contributed by atoms with Crippen molar-refractivity contribution in [1.29, 1.82) is 0 Å². The van der Waals surface area contributed by atoms with Gasteiger partial charge in [0.15, 0.2) is 6.10 Å². The van der Waals surface area contributed by atoms with Gasteiger partial charge in [-0.15, -0.1) is 0 Å². The van der Waals surface area contributed by atoms with E-state index >= 15 is 0 Å². The van der Waals surface area contributed by atoms with E-state index in [9.17, 15) is 24.2 Å². The third-order valence-corrected chi connectivity index (χ3v) is 11.6. The van der Waals surface area contributed by atoms with E-state index < -0.39 is 32.5 Å². The Balaban J connectivity index is 4.35. The fraction of sp³-hybridized carbons (Fsp3) is 0.769. The summed E-state index contributed by atoms with van der Waals surface area (Å²) in [7, 11) is 1.11. The van der Waals surface area contributed by atoms with Gasteiger partial charge in [0.25, 0.3) is 7.82 Å². The first kappa shape index (κ1) is 60.7. The highest BCUT2D eigenvalue weighted by Crippen LogP contribution is 2.38. The number of ether oxygens (including phenoxy) is 2. The summed E-state index contributed by atoms with van der Waals surface area (Å²) in [5, 5.41) is 9.58. The molecule has 366 valence electrons. The number of phosphoric ester groups is 1. The van der Waals surface area contributed by atoms with Gasteiger partial charge in [-0.25, -0.2) is 0 Å². The predicted octanol–water partition coefficient (Wildman–Crippen LogP) is 13.1. The number of phosphoric acid groups is 1. The number of carbonyl (C=O) groups excluding carboxylic acids is 2. The number of hydrogen-bond donors (Lipinski definition) is 1. The Labute approximate surface area is 386 Å². The van der Waals surface area contributed by atoms with Gasteiger partial charge in [-0.05, 0) is 83.5 Å². The zero-order chi connectivity index (χ0) is 46.5. The summed E-state index contributed by atoms with van der Waals surface area (Å²) in [5.74, 6) is -0.918. The Kier molecular flexibility index (Phi) is 41.9. The average Bonchev–Trinajstić information content (AvgIpc) is 3.24. The van der Waals surface area contributed by atoms with Crippen LogP contribution in [0.5, 0.6) is 0 Å². The number of aliphatic hydroxyl groups is 1. The van der Waals surface area contributed by atoms with E-state index in [-0.39, 0.29) is 32.2 Å². The van der Waals surface area contributed by atoms with Crippen molar-refractivity contribution in [2.75, 3.05) is 47.5 Å². The summed E-state index contributed by atoms with van der Waals surface area (Å²) < 4.78 is 33.9. The minimum atomic E-state index is -4.65. The van der Waals surface area contributed by atoms with E-state index in [1.807, 2.05) is 34.1 Å². The van der Waals surface area contributed by atoms with E-state index in [4.69, 9.17) is 18.5 Å². The van der Waals surface area contributed by atoms with E-state index in [0.717, 1.165) is 57.8 Å². The highest BCUT2D eigenvalue weighted by Gasteiger charge is 2.21. The summed E-state index contributed by atoms with van der Waals surface area (Å²) in [5.41, 5.74) is 0. The summed E-state index contributed by atoms with van der Waals surface area (Å²) in [6.45, 7) is 3.88. The predicted molar refractivity (Wildman–Crippen MR) is 260 cm³/mol. The number of carbonyl (C=O) groups is 2. The molecule has 1 unspecified atom stereocenters. The van der Waals surface area contributed by atoms with Crippen molar-refractivity contribution >= 4 is 19.8 Å². The molecule has 0 rings (SSSR count). The molecule has 0 radical (unpaired) electrons. The Morgan fingerprint density at radius 1 is 0.571 bits per heavy atom. The van der Waals surface area contributed by atoms with Crippen LogP contribution < -0.4 is 4.89 Å². The summed E-state index contributed by atoms with van der Waals surface area (Å²) in [4.78, 5) is 37.7. The second kappa shape index (κ2) is 43.6. The number of esters is 2. The van der Waals surface area contributed by atoms with Crippen LogP contribution in [0.4, 0.5) is 0 Å². The number of unbranched alkanes of at least 4 members (excludes halogenated alkanes) is 18. The fourth-order valence-corrected chi connectivity index (χ4v) is 7.29. The minimum absolute atomic E-state index is 0.0470. The van der Waals surface area contributed by atoms with Crippen LogP contribution in [-0.4, -0.2) is 81.2 Å². The first-order valence-electron chi connectivity index (χ1n) is 25.1. The highest BCUT2D eigenvalue weighted by molar-refractivity contribution is 7.45. The maximum Gasteiger partial charge on any atom is 0.306 e. The van der Waals surface area contributed by atoms with Gasteiger partial charge in [-0.2, -0.15) is 0 Å². The quantitative estimate of drug-likeness (QED) is 0.0208. The largest absolute Gasteiger partial charge is 0.756 e. The molecule has 0 bridgehead atoms. The smallest absolute Gasteiger partial charge is 0.306 e. The molecule has 11 heteroatoms. The molecule has 0 fully saturated rings. The van der Waals surface area contributed by atoms with Crippen LogP contribution in [0.25, 0.3) is 0 Å². The molecule has 0 aliphatic heterocycles. The van der Waals surface area contributed by atoms with Crippen LogP contribution in [0.2, 0.25) is 0 Å². The lowest BCUT2D eigenvalue weighted by atomic mass is 10.0. The van der Waals surface area contributed by atoms with Crippen molar-refractivity contribution in [3.05, 3.63) is 60.8 Å². The van der Waals surface area contributed by atoms with Gasteiger partial charge < -0.3 is 33.0 Å². The fourth-order valence-electron chi connectivity index (χ4n) is 6.56. The van der Waals surface area contributed by atoms with Crippen molar-refractivity contribution in [2.45, 2.75) is 212 Å². The van der Waals surface area contributed by atoms with Gasteiger partial charge in [0, 0.05) is 12.8 Å². The molecule has 3 atom stereocenters. The number of aliphatic hydroxyl groups excluding tert-OH is 1. The summed E-state index contributed by atoms with van der Waals surface area (Å²) in [6, 6.07) is 0. The van der Waals surface area contributed by atoms with Crippen molar-refractivity contribution < 1.29 is 47.2 Å². The van der Waals surface area contributed by atoms with E-state index in [1.54, 1.807) is 0 Å². The van der Waals surface area contributed by atoms with Crippen LogP contribution in [-0.2, 0) is 32.7 Å². The molecular formula is C52H94NO9P. The van der Waals surface area contributed by atoms with E-state index in [0.29, 0.717) is 30.3 Å². The Hall–Kier alpha value is -2.33. The average molecular weight is 908 g/mol. The molecule has 1 N–H and O–H groups in total. The topological polar surface area (TPSA) is 131 Å². The molecule has 0 saturated carbocycles. The minimum Gasteiger partial charge on any atom is -0.756 e. The van der Waals surface area contributed by atoms with Gasteiger partial charge in [-0.1, -0.05) is 164 Å². The number of allylic oxidation sites excluding steroid dienone is 10. The Morgan fingerprint density at radius 3 is 1.54 bits per heavy atom. The Morgan fingerprint density at radius 2 is 1.02 bits per heavy atom. The lowest BCUT2D eigenvalue weighted by Crippen LogP contribution is -2.37. The molecule has 0 aliphatic carbocycles. The molecule has 0 aromatic heterocycles. The first-order chi connectivity index (χ1) is 30.4. The molecule has 0 aromatic carbocycles. The molecule has 0 amide bonds. The molecule has 0 heterocycles. The second-order valence-corrected chi connectivity index (χ2v) is 19.4. The van der Waals surface area contributed by atoms with Gasteiger partial charge in [-0.3, -0.25) is 14.2 Å². The van der Waals surface area contributed by atoms with Crippen LogP contribution in [0, 0.1) is 0 Å². The molecule has 0 saturated heterocycles. The lowest BCUT2D eigenvalue weighted by molar-refractivity contribution is -0.870. The van der Waals surface area contributed by atoms with Gasteiger partial charge in [0.05, 0.1) is 33.9 Å². The lowest BCUT2D eigenvalue weighted by Gasteiger charge is -2.28. The molecule has 0 aliphatic rings. The van der Waals surface area contributed by atoms with Gasteiger partial charge >= 0.3 is 11.9 Å². The van der Waals surface area contributed by atoms with Crippen LogP contribution in [0.1, 0.15) is 200 Å². The van der Waals surface area contributed by atoms with E-state index in [1.165, 1.54) is 96.3 Å². The monoisotopic (exact) mass is 908 g/mol.